The molecule has 0 saturated carbocycles. The SMILES string of the molecule is CCCCCCC#Cc1ccccc1C=CCCCC(=O)O. The molecule has 0 aromatic heterocycles. The summed E-state index contributed by atoms with van der Waals surface area (Å²) in [7, 11) is 0. The average molecular weight is 298 g/mol. The number of benzene rings is 1. The maximum absolute atomic E-state index is 10.5. The summed E-state index contributed by atoms with van der Waals surface area (Å²) < 4.78 is 0. The van der Waals surface area contributed by atoms with Gasteiger partial charge in [0.1, 0.15) is 0 Å². The summed E-state index contributed by atoms with van der Waals surface area (Å²) in [6.45, 7) is 2.21. The second-order valence-corrected chi connectivity index (χ2v) is 5.39. The van der Waals surface area contributed by atoms with E-state index in [9.17, 15) is 4.79 Å². The molecule has 0 fully saturated rings. The van der Waals surface area contributed by atoms with Crippen LogP contribution in [-0.4, -0.2) is 11.1 Å². The van der Waals surface area contributed by atoms with Crippen molar-refractivity contribution >= 4 is 12.0 Å². The third kappa shape index (κ3) is 8.32. The van der Waals surface area contributed by atoms with E-state index >= 15 is 0 Å². The highest BCUT2D eigenvalue weighted by Gasteiger charge is 1.96. The lowest BCUT2D eigenvalue weighted by atomic mass is 10.1. The van der Waals surface area contributed by atoms with Crippen LogP contribution in [0.5, 0.6) is 0 Å². The van der Waals surface area contributed by atoms with Gasteiger partial charge in [-0.25, -0.2) is 0 Å². The number of carboxylic acid groups (broad SMARTS) is 1. The third-order valence-corrected chi connectivity index (χ3v) is 3.40. The molecule has 1 rings (SSSR count). The Balaban J connectivity index is 2.49. The fourth-order valence-electron chi connectivity index (χ4n) is 2.14. The van der Waals surface area contributed by atoms with Gasteiger partial charge in [0.2, 0.25) is 0 Å². The molecule has 0 atom stereocenters. The summed E-state index contributed by atoms with van der Waals surface area (Å²) in [6, 6.07) is 8.09. The molecule has 0 amide bonds. The first kappa shape index (κ1) is 18.0. The Kier molecular flexibility index (Phi) is 9.54. The molecule has 0 aliphatic heterocycles. The van der Waals surface area contributed by atoms with Gasteiger partial charge in [-0.1, -0.05) is 68.4 Å². The van der Waals surface area contributed by atoms with E-state index in [4.69, 9.17) is 5.11 Å². The van der Waals surface area contributed by atoms with Gasteiger partial charge < -0.3 is 5.11 Å². The van der Waals surface area contributed by atoms with E-state index in [1.165, 1.54) is 25.7 Å². The van der Waals surface area contributed by atoms with Gasteiger partial charge in [-0.3, -0.25) is 4.79 Å². The normalized spacial score (nSPS) is 10.4. The van der Waals surface area contributed by atoms with Crippen LogP contribution in [0.2, 0.25) is 0 Å². The van der Waals surface area contributed by atoms with Gasteiger partial charge in [0.15, 0.2) is 0 Å². The van der Waals surface area contributed by atoms with E-state index in [0.717, 1.165) is 24.0 Å². The number of rotatable bonds is 9. The largest absolute Gasteiger partial charge is 0.481 e. The Morgan fingerprint density at radius 3 is 2.77 bits per heavy atom. The number of aliphatic carboxylic acids is 1. The number of carboxylic acids is 1. The summed E-state index contributed by atoms with van der Waals surface area (Å²) in [5.74, 6) is 5.78. The lowest BCUT2D eigenvalue weighted by Crippen LogP contribution is -1.92. The highest BCUT2D eigenvalue weighted by atomic mass is 16.4. The number of hydrogen-bond acceptors (Lipinski definition) is 1. The number of hydrogen-bond donors (Lipinski definition) is 1. The number of carbonyl (C=O) groups is 1. The van der Waals surface area contributed by atoms with E-state index in [1.807, 2.05) is 30.4 Å². The van der Waals surface area contributed by atoms with Crippen LogP contribution in [-0.2, 0) is 4.79 Å². The predicted molar refractivity (Wildman–Crippen MR) is 92.6 cm³/mol. The molecule has 2 heteroatoms. The number of allylic oxidation sites excluding steroid dienone is 1. The Morgan fingerprint density at radius 2 is 2.00 bits per heavy atom. The zero-order valence-corrected chi connectivity index (χ0v) is 13.5. The quantitative estimate of drug-likeness (QED) is 0.497. The van der Waals surface area contributed by atoms with Gasteiger partial charge in [0.05, 0.1) is 0 Å². The van der Waals surface area contributed by atoms with Gasteiger partial charge in [0.25, 0.3) is 0 Å². The molecule has 22 heavy (non-hydrogen) atoms. The highest BCUT2D eigenvalue weighted by Crippen LogP contribution is 2.11. The maximum Gasteiger partial charge on any atom is 0.303 e. The lowest BCUT2D eigenvalue weighted by Gasteiger charge is -1.98. The summed E-state index contributed by atoms with van der Waals surface area (Å²) >= 11 is 0. The first-order chi connectivity index (χ1) is 10.7. The molecule has 2 nitrogen and oxygen atoms in total. The third-order valence-electron chi connectivity index (χ3n) is 3.40. The van der Waals surface area contributed by atoms with Crippen LogP contribution >= 0.6 is 0 Å². The summed E-state index contributed by atoms with van der Waals surface area (Å²) in [4.78, 5) is 10.5. The van der Waals surface area contributed by atoms with Gasteiger partial charge in [-0.15, -0.1) is 0 Å². The molecule has 0 saturated heterocycles. The molecule has 0 spiro atoms. The Morgan fingerprint density at radius 1 is 1.18 bits per heavy atom. The van der Waals surface area contributed by atoms with Crippen molar-refractivity contribution in [1.29, 1.82) is 0 Å². The van der Waals surface area contributed by atoms with Crippen LogP contribution in [0.3, 0.4) is 0 Å². The van der Waals surface area contributed by atoms with Gasteiger partial charge in [0, 0.05) is 18.4 Å². The van der Waals surface area contributed by atoms with Crippen molar-refractivity contribution in [3.63, 3.8) is 0 Å². The van der Waals surface area contributed by atoms with Crippen molar-refractivity contribution in [3.05, 3.63) is 41.5 Å². The second-order valence-electron chi connectivity index (χ2n) is 5.39. The molecular weight excluding hydrogens is 272 g/mol. The summed E-state index contributed by atoms with van der Waals surface area (Å²) in [5.41, 5.74) is 2.16. The van der Waals surface area contributed by atoms with E-state index in [-0.39, 0.29) is 6.42 Å². The molecular formula is C20H26O2. The molecule has 1 N–H and O–H groups in total. The molecule has 0 bridgehead atoms. The first-order valence-electron chi connectivity index (χ1n) is 8.20. The zero-order chi connectivity index (χ0) is 16.0. The van der Waals surface area contributed by atoms with Gasteiger partial charge >= 0.3 is 5.97 Å². The van der Waals surface area contributed by atoms with Gasteiger partial charge in [-0.05, 0) is 30.9 Å². The number of unbranched alkanes of at least 4 members (excludes halogenated alkanes) is 5. The van der Waals surface area contributed by atoms with Crippen molar-refractivity contribution in [2.24, 2.45) is 0 Å². The van der Waals surface area contributed by atoms with Gasteiger partial charge in [-0.2, -0.15) is 0 Å². The summed E-state index contributed by atoms with van der Waals surface area (Å²) in [5, 5.41) is 8.61. The van der Waals surface area contributed by atoms with Crippen LogP contribution < -0.4 is 0 Å². The zero-order valence-electron chi connectivity index (χ0n) is 13.5. The fourth-order valence-corrected chi connectivity index (χ4v) is 2.14. The fraction of sp³-hybridized carbons (Fsp3) is 0.450. The minimum Gasteiger partial charge on any atom is -0.481 e. The van der Waals surface area contributed by atoms with Crippen LogP contribution in [0.4, 0.5) is 0 Å². The summed E-state index contributed by atoms with van der Waals surface area (Å²) in [6.07, 6.45) is 11.7. The van der Waals surface area contributed by atoms with E-state index < -0.39 is 5.97 Å². The van der Waals surface area contributed by atoms with Crippen molar-refractivity contribution in [2.45, 2.75) is 58.3 Å². The molecule has 0 aliphatic rings. The minimum absolute atomic E-state index is 0.226. The molecule has 1 aromatic rings. The Hall–Kier alpha value is -2.01. The Labute approximate surface area is 134 Å². The molecule has 1 aromatic carbocycles. The van der Waals surface area contributed by atoms with Crippen LogP contribution in [0.25, 0.3) is 6.08 Å². The van der Waals surface area contributed by atoms with Crippen molar-refractivity contribution in [1.82, 2.24) is 0 Å². The van der Waals surface area contributed by atoms with Crippen molar-refractivity contribution in [3.8, 4) is 11.8 Å². The predicted octanol–water partition coefficient (Wildman–Crippen LogP) is 5.28. The van der Waals surface area contributed by atoms with Crippen LogP contribution in [0.1, 0.15) is 69.4 Å². The smallest absolute Gasteiger partial charge is 0.303 e. The molecule has 0 unspecified atom stereocenters. The van der Waals surface area contributed by atoms with E-state index in [1.54, 1.807) is 0 Å². The second kappa shape index (κ2) is 11.6. The molecule has 0 radical (unpaired) electrons. The minimum atomic E-state index is -0.734. The van der Waals surface area contributed by atoms with Crippen molar-refractivity contribution in [2.75, 3.05) is 0 Å². The standard InChI is InChI=1S/C20H26O2/c1-2-3-4-5-6-8-13-18-15-11-12-16-19(18)14-9-7-10-17-20(21)22/h9,11-12,14-16H,2-7,10,17H2,1H3,(H,21,22). The molecule has 0 heterocycles. The highest BCUT2D eigenvalue weighted by molar-refractivity contribution is 5.66. The van der Waals surface area contributed by atoms with E-state index in [0.29, 0.717) is 6.42 Å². The monoisotopic (exact) mass is 298 g/mol. The maximum atomic E-state index is 10.5. The first-order valence-corrected chi connectivity index (χ1v) is 8.20. The molecule has 118 valence electrons. The molecule has 0 aliphatic carbocycles. The van der Waals surface area contributed by atoms with Crippen LogP contribution in [0, 0.1) is 11.8 Å². The van der Waals surface area contributed by atoms with Crippen LogP contribution in [0.15, 0.2) is 30.3 Å². The van der Waals surface area contributed by atoms with Crippen molar-refractivity contribution < 1.29 is 9.90 Å². The Bertz CT molecular complexity index is 532. The average Bonchev–Trinajstić information content (AvgIpc) is 2.51. The topological polar surface area (TPSA) is 37.3 Å². The van der Waals surface area contributed by atoms with E-state index in [2.05, 4.69) is 24.8 Å². The lowest BCUT2D eigenvalue weighted by molar-refractivity contribution is -0.137.